The zero-order chi connectivity index (χ0) is 16.7. The molecule has 0 atom stereocenters. The molecule has 0 spiro atoms. The van der Waals surface area contributed by atoms with Gasteiger partial charge in [-0.1, -0.05) is 18.2 Å². The minimum atomic E-state index is -1.51. The predicted molar refractivity (Wildman–Crippen MR) is 85.5 cm³/mol. The first-order valence-corrected chi connectivity index (χ1v) is 7.51. The first kappa shape index (κ1) is 17.0. The van der Waals surface area contributed by atoms with Gasteiger partial charge in [0.1, 0.15) is 0 Å². The van der Waals surface area contributed by atoms with Crippen molar-refractivity contribution in [3.8, 4) is 0 Å². The van der Waals surface area contributed by atoms with Crippen molar-refractivity contribution < 1.29 is 19.8 Å². The van der Waals surface area contributed by atoms with E-state index in [4.69, 9.17) is 10.2 Å². The molecule has 0 aliphatic carbocycles. The van der Waals surface area contributed by atoms with Gasteiger partial charge >= 0.3 is 0 Å². The van der Waals surface area contributed by atoms with Crippen LogP contribution in [-0.4, -0.2) is 46.4 Å². The fourth-order valence-electron chi connectivity index (χ4n) is 2.26. The fraction of sp³-hybridized carbons (Fsp3) is 0.375. The van der Waals surface area contributed by atoms with Gasteiger partial charge in [-0.3, -0.25) is 9.59 Å². The quantitative estimate of drug-likeness (QED) is 0.442. The Labute approximate surface area is 133 Å². The van der Waals surface area contributed by atoms with E-state index in [1.165, 1.54) is 0 Å². The number of hydrogen-bond acceptors (Lipinski definition) is 4. The van der Waals surface area contributed by atoms with Crippen molar-refractivity contribution in [2.45, 2.75) is 25.6 Å². The number of para-hydroxylation sites is 1. The van der Waals surface area contributed by atoms with E-state index < -0.39 is 6.29 Å². The zero-order valence-corrected chi connectivity index (χ0v) is 12.7. The Balaban J connectivity index is 1.68. The highest BCUT2D eigenvalue weighted by atomic mass is 16.5. The number of carbonyl (C=O) groups is 2. The second-order valence-corrected chi connectivity index (χ2v) is 5.26. The Bertz CT molecular complexity index is 666. The summed E-state index contributed by atoms with van der Waals surface area (Å²) in [5.74, 6) is -0.660. The number of amides is 2. The number of carbonyl (C=O) groups excluding carboxylic acids is 2. The third kappa shape index (κ3) is 5.39. The minimum absolute atomic E-state index is 0.0275. The number of aromatic amines is 1. The summed E-state index contributed by atoms with van der Waals surface area (Å²) >= 11 is 0. The lowest BCUT2D eigenvalue weighted by atomic mass is 10.1. The Morgan fingerprint density at radius 1 is 1.13 bits per heavy atom. The summed E-state index contributed by atoms with van der Waals surface area (Å²) in [5, 5.41) is 23.6. The number of benzene rings is 1. The first-order chi connectivity index (χ1) is 11.1. The Morgan fingerprint density at radius 2 is 1.91 bits per heavy atom. The van der Waals surface area contributed by atoms with Gasteiger partial charge in [-0.25, -0.2) is 0 Å². The maximum atomic E-state index is 11.6. The minimum Gasteiger partial charge on any atom is -0.368 e. The molecule has 2 rings (SSSR count). The van der Waals surface area contributed by atoms with Gasteiger partial charge in [0.05, 0.1) is 6.54 Å². The van der Waals surface area contributed by atoms with Crippen LogP contribution in [0.2, 0.25) is 0 Å². The largest absolute Gasteiger partial charge is 0.368 e. The van der Waals surface area contributed by atoms with Crippen LogP contribution in [0.5, 0.6) is 0 Å². The highest BCUT2D eigenvalue weighted by Crippen LogP contribution is 2.17. The molecule has 7 heteroatoms. The number of nitrogens with one attached hydrogen (secondary N) is 3. The number of rotatable bonds is 8. The predicted octanol–water partition coefficient (Wildman–Crippen LogP) is 0.0337. The van der Waals surface area contributed by atoms with Crippen LogP contribution in [0.3, 0.4) is 0 Å². The zero-order valence-electron chi connectivity index (χ0n) is 12.7. The molecule has 0 bridgehead atoms. The normalized spacial score (nSPS) is 10.9. The van der Waals surface area contributed by atoms with Crippen LogP contribution in [0.4, 0.5) is 0 Å². The number of fused-ring (bicyclic) bond motifs is 1. The van der Waals surface area contributed by atoms with E-state index in [-0.39, 0.29) is 31.2 Å². The van der Waals surface area contributed by atoms with Crippen molar-refractivity contribution >= 4 is 22.7 Å². The molecule has 2 aromatic rings. The monoisotopic (exact) mass is 319 g/mol. The third-order valence-corrected chi connectivity index (χ3v) is 3.47. The second-order valence-electron chi connectivity index (χ2n) is 5.26. The Kier molecular flexibility index (Phi) is 6.13. The van der Waals surface area contributed by atoms with Gasteiger partial charge in [-0.15, -0.1) is 0 Å². The van der Waals surface area contributed by atoms with Crippen molar-refractivity contribution in [3.05, 3.63) is 36.0 Å². The van der Waals surface area contributed by atoms with Crippen molar-refractivity contribution in [1.29, 1.82) is 0 Å². The molecule has 0 radical (unpaired) electrons. The summed E-state index contributed by atoms with van der Waals surface area (Å²) in [6, 6.07) is 7.95. The van der Waals surface area contributed by atoms with Gasteiger partial charge < -0.3 is 25.8 Å². The molecule has 1 heterocycles. The Hall–Kier alpha value is -2.38. The lowest BCUT2D eigenvalue weighted by Gasteiger charge is -2.07. The average molecular weight is 319 g/mol. The van der Waals surface area contributed by atoms with E-state index in [0.717, 1.165) is 16.5 Å². The van der Waals surface area contributed by atoms with Crippen LogP contribution in [0.15, 0.2) is 30.5 Å². The van der Waals surface area contributed by atoms with Crippen molar-refractivity contribution in [2.24, 2.45) is 0 Å². The van der Waals surface area contributed by atoms with E-state index in [2.05, 4.69) is 15.6 Å². The fourth-order valence-corrected chi connectivity index (χ4v) is 2.26. The smallest absolute Gasteiger partial charge is 0.239 e. The number of aliphatic hydroxyl groups excluding tert-OH is 1. The molecule has 1 aromatic carbocycles. The van der Waals surface area contributed by atoms with E-state index in [1.54, 1.807) is 0 Å². The van der Waals surface area contributed by atoms with Gasteiger partial charge in [0.25, 0.3) is 0 Å². The van der Waals surface area contributed by atoms with E-state index >= 15 is 0 Å². The van der Waals surface area contributed by atoms with Crippen LogP contribution in [0, 0.1) is 0 Å². The maximum Gasteiger partial charge on any atom is 0.239 e. The van der Waals surface area contributed by atoms with Crippen LogP contribution in [0.25, 0.3) is 10.9 Å². The molecule has 1 aromatic heterocycles. The van der Waals surface area contributed by atoms with Crippen LogP contribution >= 0.6 is 0 Å². The molecular formula is C16H21N3O4. The van der Waals surface area contributed by atoms with E-state index in [1.807, 2.05) is 30.5 Å². The SMILES string of the molecule is O=C(CCC(O)O)NCC(=O)NCCc1c[nH]c2ccccc12. The second kappa shape index (κ2) is 8.30. The number of aromatic nitrogens is 1. The molecule has 23 heavy (non-hydrogen) atoms. The standard InChI is InChI=1S/C16H21N3O4/c20-14(5-6-16(22)23)19-10-15(21)17-8-7-11-9-18-13-4-2-1-3-12(11)13/h1-4,9,16,18,22-23H,5-8,10H2,(H,17,21)(H,19,20). The molecule has 0 aliphatic rings. The maximum absolute atomic E-state index is 11.6. The highest BCUT2D eigenvalue weighted by Gasteiger charge is 2.08. The molecular weight excluding hydrogens is 298 g/mol. The van der Waals surface area contributed by atoms with Gasteiger partial charge in [-0.05, 0) is 18.1 Å². The van der Waals surface area contributed by atoms with Crippen LogP contribution in [0.1, 0.15) is 18.4 Å². The highest BCUT2D eigenvalue weighted by molar-refractivity contribution is 5.85. The van der Waals surface area contributed by atoms with Crippen LogP contribution < -0.4 is 10.6 Å². The summed E-state index contributed by atoms with van der Waals surface area (Å²) < 4.78 is 0. The number of aliphatic hydroxyl groups is 2. The van der Waals surface area contributed by atoms with Gasteiger partial charge in [-0.2, -0.15) is 0 Å². The summed E-state index contributed by atoms with van der Waals surface area (Å²) in [7, 11) is 0. The summed E-state index contributed by atoms with van der Waals surface area (Å²) in [4.78, 5) is 26.2. The average Bonchev–Trinajstić information content (AvgIpc) is 2.94. The Morgan fingerprint density at radius 3 is 2.70 bits per heavy atom. The van der Waals surface area contributed by atoms with E-state index in [9.17, 15) is 9.59 Å². The van der Waals surface area contributed by atoms with Crippen molar-refractivity contribution in [1.82, 2.24) is 15.6 Å². The molecule has 7 nitrogen and oxygen atoms in total. The first-order valence-electron chi connectivity index (χ1n) is 7.51. The molecule has 0 unspecified atom stereocenters. The lowest BCUT2D eigenvalue weighted by molar-refractivity contribution is -0.127. The van der Waals surface area contributed by atoms with Gasteiger partial charge in [0.15, 0.2) is 6.29 Å². The molecule has 0 aliphatic heterocycles. The van der Waals surface area contributed by atoms with Crippen molar-refractivity contribution in [2.75, 3.05) is 13.1 Å². The summed E-state index contributed by atoms with van der Waals surface area (Å²) in [5.41, 5.74) is 2.19. The lowest BCUT2D eigenvalue weighted by Crippen LogP contribution is -2.37. The molecule has 124 valence electrons. The van der Waals surface area contributed by atoms with Crippen molar-refractivity contribution in [3.63, 3.8) is 0 Å². The molecule has 2 amide bonds. The number of hydrogen-bond donors (Lipinski definition) is 5. The molecule has 0 saturated carbocycles. The van der Waals surface area contributed by atoms with Crippen LogP contribution in [-0.2, 0) is 16.0 Å². The molecule has 0 saturated heterocycles. The number of H-pyrrole nitrogens is 1. The third-order valence-electron chi connectivity index (χ3n) is 3.47. The van der Waals surface area contributed by atoms with E-state index in [0.29, 0.717) is 13.0 Å². The van der Waals surface area contributed by atoms with Gasteiger partial charge in [0, 0.05) is 36.5 Å². The summed E-state index contributed by atoms with van der Waals surface area (Å²) in [6.07, 6.45) is 1.04. The molecule has 5 N–H and O–H groups in total. The summed E-state index contributed by atoms with van der Waals surface area (Å²) in [6.45, 7) is 0.361. The topological polar surface area (TPSA) is 114 Å². The molecule has 0 fully saturated rings. The van der Waals surface area contributed by atoms with Gasteiger partial charge in [0.2, 0.25) is 11.8 Å².